The summed E-state index contributed by atoms with van der Waals surface area (Å²) in [6.45, 7) is 1.63. The van der Waals surface area contributed by atoms with Crippen LogP contribution >= 0.6 is 0 Å². The number of rotatable bonds is 2. The zero-order chi connectivity index (χ0) is 9.41. The van der Waals surface area contributed by atoms with Crippen LogP contribution in [0.2, 0.25) is 0 Å². The van der Waals surface area contributed by atoms with Crippen molar-refractivity contribution in [3.63, 3.8) is 0 Å². The molecule has 1 heterocycles. The van der Waals surface area contributed by atoms with E-state index in [1.165, 1.54) is 0 Å². The summed E-state index contributed by atoms with van der Waals surface area (Å²) in [5, 5.41) is 8.95. The largest absolute Gasteiger partial charge is 0.415 e. The fourth-order valence-corrected chi connectivity index (χ4v) is 1.27. The van der Waals surface area contributed by atoms with Crippen LogP contribution in [0.1, 0.15) is 13.3 Å². The Bertz CT molecular complexity index is 157. The second-order valence-electron chi connectivity index (χ2n) is 3.15. The summed E-state index contributed by atoms with van der Waals surface area (Å²) < 4.78 is 40.8. The third-order valence-electron chi connectivity index (χ3n) is 2.37. The van der Waals surface area contributed by atoms with Crippen molar-refractivity contribution in [1.29, 1.82) is 0 Å². The van der Waals surface area contributed by atoms with Crippen molar-refractivity contribution >= 4 is 0 Å². The van der Waals surface area contributed by atoms with Crippen molar-refractivity contribution in [2.45, 2.75) is 25.6 Å². The highest BCUT2D eigenvalue weighted by molar-refractivity contribution is 4.94. The minimum Gasteiger partial charge on any atom is -0.383 e. The average Bonchev–Trinajstić information content (AvgIpc) is 1.84. The van der Waals surface area contributed by atoms with E-state index in [2.05, 4.69) is 4.74 Å². The van der Waals surface area contributed by atoms with Gasteiger partial charge in [0, 0.05) is 0 Å². The molecular formula is C7H11F3O2. The third kappa shape index (κ3) is 1.43. The van der Waals surface area contributed by atoms with Gasteiger partial charge in [0.25, 0.3) is 0 Å². The summed E-state index contributed by atoms with van der Waals surface area (Å²) in [4.78, 5) is 0. The second kappa shape index (κ2) is 2.88. The van der Waals surface area contributed by atoms with E-state index in [9.17, 15) is 13.2 Å². The van der Waals surface area contributed by atoms with Crippen LogP contribution in [0.25, 0.3) is 0 Å². The highest BCUT2D eigenvalue weighted by atomic mass is 19.4. The lowest BCUT2D eigenvalue weighted by Crippen LogP contribution is -2.56. The van der Waals surface area contributed by atoms with Gasteiger partial charge in [0.2, 0.25) is 0 Å². The van der Waals surface area contributed by atoms with Crippen LogP contribution in [-0.4, -0.2) is 30.6 Å². The first-order chi connectivity index (χ1) is 5.42. The Balaban J connectivity index is 2.67. The second-order valence-corrected chi connectivity index (χ2v) is 3.15. The van der Waals surface area contributed by atoms with Crippen LogP contribution < -0.4 is 0 Å². The van der Waals surface area contributed by atoms with Gasteiger partial charge in [-0.05, 0) is 6.42 Å². The number of aliphatic hydroxyl groups excluding tert-OH is 1. The van der Waals surface area contributed by atoms with E-state index in [-0.39, 0.29) is 19.6 Å². The van der Waals surface area contributed by atoms with E-state index in [0.29, 0.717) is 0 Å². The molecule has 0 amide bonds. The number of alkyl halides is 3. The molecule has 1 aliphatic rings. The molecule has 1 aliphatic heterocycles. The molecule has 1 atom stereocenters. The van der Waals surface area contributed by atoms with E-state index in [1.54, 1.807) is 6.92 Å². The van der Waals surface area contributed by atoms with Crippen LogP contribution in [0, 0.1) is 5.41 Å². The quantitative estimate of drug-likeness (QED) is 0.701. The van der Waals surface area contributed by atoms with Gasteiger partial charge in [0.15, 0.2) is 6.10 Å². The van der Waals surface area contributed by atoms with Crippen LogP contribution in [-0.2, 0) is 4.74 Å². The first kappa shape index (κ1) is 9.80. The minimum atomic E-state index is -4.53. The van der Waals surface area contributed by atoms with E-state index in [0.717, 1.165) is 0 Å². The molecule has 72 valence electrons. The maximum atomic E-state index is 12.0. The van der Waals surface area contributed by atoms with Gasteiger partial charge >= 0.3 is 6.18 Å². The summed E-state index contributed by atoms with van der Waals surface area (Å²) in [7, 11) is 0. The minimum absolute atomic E-state index is 0.00414. The summed E-state index contributed by atoms with van der Waals surface area (Å²) in [5.74, 6) is 0. The highest BCUT2D eigenvalue weighted by Gasteiger charge is 2.55. The lowest BCUT2D eigenvalue weighted by Gasteiger charge is -2.44. The van der Waals surface area contributed by atoms with Crippen molar-refractivity contribution in [3.8, 4) is 0 Å². The summed E-state index contributed by atoms with van der Waals surface area (Å²) >= 11 is 0. The van der Waals surface area contributed by atoms with Gasteiger partial charge in [0.05, 0.1) is 18.6 Å². The van der Waals surface area contributed by atoms with Gasteiger partial charge in [0.1, 0.15) is 0 Å². The van der Waals surface area contributed by atoms with Gasteiger partial charge in [-0.2, -0.15) is 13.2 Å². The monoisotopic (exact) mass is 184 g/mol. The molecule has 0 spiro atoms. The molecule has 0 radical (unpaired) electrons. The Morgan fingerprint density at radius 2 is 2.00 bits per heavy atom. The Morgan fingerprint density at radius 1 is 1.50 bits per heavy atom. The van der Waals surface area contributed by atoms with E-state index < -0.39 is 17.7 Å². The fraction of sp³-hybridized carbons (Fsp3) is 1.00. The molecule has 2 nitrogen and oxygen atoms in total. The molecule has 1 rings (SSSR count). The molecule has 1 fully saturated rings. The van der Waals surface area contributed by atoms with Crippen LogP contribution in [0.5, 0.6) is 0 Å². The Kier molecular flexibility index (Phi) is 2.35. The predicted octanol–water partition coefficient (Wildman–Crippen LogP) is 1.34. The average molecular weight is 184 g/mol. The molecule has 12 heavy (non-hydrogen) atoms. The maximum Gasteiger partial charge on any atom is 0.415 e. The van der Waals surface area contributed by atoms with Gasteiger partial charge in [-0.1, -0.05) is 6.92 Å². The van der Waals surface area contributed by atoms with Gasteiger partial charge < -0.3 is 9.84 Å². The molecule has 0 saturated carbocycles. The first-order valence-corrected chi connectivity index (χ1v) is 3.75. The summed E-state index contributed by atoms with van der Waals surface area (Å²) in [6, 6.07) is 0. The molecule has 0 unspecified atom stereocenters. The topological polar surface area (TPSA) is 29.5 Å². The van der Waals surface area contributed by atoms with Gasteiger partial charge in [-0.3, -0.25) is 0 Å². The predicted molar refractivity (Wildman–Crippen MR) is 35.6 cm³/mol. The maximum absolute atomic E-state index is 12.0. The smallest absolute Gasteiger partial charge is 0.383 e. The molecule has 1 N–H and O–H groups in total. The Morgan fingerprint density at radius 3 is 2.08 bits per heavy atom. The molecule has 0 aromatic carbocycles. The van der Waals surface area contributed by atoms with E-state index in [4.69, 9.17) is 5.11 Å². The van der Waals surface area contributed by atoms with Crippen molar-refractivity contribution in [1.82, 2.24) is 0 Å². The van der Waals surface area contributed by atoms with E-state index >= 15 is 0 Å². The summed E-state index contributed by atoms with van der Waals surface area (Å²) in [6.07, 6.45) is -6.49. The zero-order valence-electron chi connectivity index (χ0n) is 6.69. The normalized spacial score (nSPS) is 24.8. The number of hydrogen-bond donors (Lipinski definition) is 1. The molecule has 0 aromatic heterocycles. The molecule has 0 bridgehead atoms. The number of halogens is 3. The molecule has 0 aliphatic carbocycles. The zero-order valence-corrected chi connectivity index (χ0v) is 6.69. The van der Waals surface area contributed by atoms with Gasteiger partial charge in [-0.25, -0.2) is 0 Å². The van der Waals surface area contributed by atoms with Crippen LogP contribution in [0.3, 0.4) is 0 Å². The lowest BCUT2D eigenvalue weighted by molar-refractivity contribution is -0.285. The van der Waals surface area contributed by atoms with Gasteiger partial charge in [-0.15, -0.1) is 0 Å². The fourth-order valence-electron chi connectivity index (χ4n) is 1.27. The Labute approximate surface area is 68.3 Å². The molecule has 5 heteroatoms. The number of ether oxygens (including phenoxy) is 1. The van der Waals surface area contributed by atoms with Crippen molar-refractivity contribution in [2.24, 2.45) is 5.41 Å². The van der Waals surface area contributed by atoms with Crippen LogP contribution in [0.4, 0.5) is 13.2 Å². The van der Waals surface area contributed by atoms with Crippen LogP contribution in [0.15, 0.2) is 0 Å². The SMILES string of the molecule is CCC1([C@@H](O)C(F)(F)F)COC1. The Hall–Kier alpha value is -0.290. The lowest BCUT2D eigenvalue weighted by atomic mass is 9.77. The molecule has 0 aromatic rings. The molecular weight excluding hydrogens is 173 g/mol. The first-order valence-electron chi connectivity index (χ1n) is 3.75. The highest BCUT2D eigenvalue weighted by Crippen LogP contribution is 2.41. The standard InChI is InChI=1S/C7H11F3O2/c1-2-6(3-12-4-6)5(11)7(8,9)10/h5,11H,2-4H2,1H3/t5-/m1/s1. The number of aliphatic hydroxyl groups is 1. The summed E-state index contributed by atoms with van der Waals surface area (Å²) in [5.41, 5.74) is -1.09. The van der Waals surface area contributed by atoms with E-state index in [1.807, 2.05) is 0 Å². The third-order valence-corrected chi connectivity index (χ3v) is 2.37. The van der Waals surface area contributed by atoms with Crippen molar-refractivity contribution < 1.29 is 23.0 Å². The van der Waals surface area contributed by atoms with Crippen molar-refractivity contribution in [2.75, 3.05) is 13.2 Å². The van der Waals surface area contributed by atoms with Crippen molar-refractivity contribution in [3.05, 3.63) is 0 Å². The number of hydrogen-bond acceptors (Lipinski definition) is 2. The molecule has 1 saturated heterocycles.